The van der Waals surface area contributed by atoms with Gasteiger partial charge in [0.2, 0.25) is 5.91 Å². The van der Waals surface area contributed by atoms with Crippen LogP contribution in [0.25, 0.3) is 0 Å². The van der Waals surface area contributed by atoms with E-state index >= 15 is 0 Å². The molecule has 0 aliphatic carbocycles. The molecule has 0 spiro atoms. The van der Waals surface area contributed by atoms with Crippen LogP contribution in [0.5, 0.6) is 0 Å². The molecule has 0 radical (unpaired) electrons. The Labute approximate surface area is 164 Å². The number of nitrogens with one attached hydrogen (secondary N) is 2. The van der Waals surface area contributed by atoms with Crippen molar-refractivity contribution in [1.82, 2.24) is 15.5 Å². The van der Waals surface area contributed by atoms with Gasteiger partial charge in [-0.25, -0.2) is 0 Å². The van der Waals surface area contributed by atoms with Crippen LogP contribution in [0.2, 0.25) is 0 Å². The van der Waals surface area contributed by atoms with E-state index in [4.69, 9.17) is 0 Å². The molecule has 1 aliphatic rings. The highest BCUT2D eigenvalue weighted by Crippen LogP contribution is 2.20. The van der Waals surface area contributed by atoms with E-state index in [1.165, 1.54) is 0 Å². The van der Waals surface area contributed by atoms with Crippen molar-refractivity contribution in [1.29, 1.82) is 0 Å². The van der Waals surface area contributed by atoms with Gasteiger partial charge in [-0.2, -0.15) is 0 Å². The molecule has 1 fully saturated rings. The summed E-state index contributed by atoms with van der Waals surface area (Å²) >= 11 is 0. The maximum Gasteiger partial charge on any atom is 0.254 e. The maximum atomic E-state index is 12.7. The second-order valence-electron chi connectivity index (χ2n) is 6.80. The van der Waals surface area contributed by atoms with Crippen molar-refractivity contribution < 1.29 is 14.4 Å². The fourth-order valence-corrected chi connectivity index (χ4v) is 3.42. The number of hydrogen-bond donors (Lipinski definition) is 2. The molecule has 1 saturated heterocycles. The largest absolute Gasteiger partial charge is 0.352 e. The zero-order valence-electron chi connectivity index (χ0n) is 16.0. The SMILES string of the molecule is CCNC(=O)c1cccc(CNC(=O)C2CCCN2C(=O)c2ccccc2)c1. The lowest BCUT2D eigenvalue weighted by atomic mass is 10.1. The number of likely N-dealkylation sites (tertiary alicyclic amines) is 1. The highest BCUT2D eigenvalue weighted by Gasteiger charge is 2.34. The van der Waals surface area contributed by atoms with Gasteiger partial charge in [-0.15, -0.1) is 0 Å². The quantitative estimate of drug-likeness (QED) is 0.809. The van der Waals surface area contributed by atoms with E-state index < -0.39 is 6.04 Å². The minimum atomic E-state index is -0.459. The maximum absolute atomic E-state index is 12.7. The predicted octanol–water partition coefficient (Wildman–Crippen LogP) is 2.36. The standard InChI is InChI=1S/C22H25N3O3/c1-2-23-20(26)18-11-6-8-16(14-18)15-24-21(27)19-12-7-13-25(19)22(28)17-9-4-3-5-10-17/h3-6,8-11,14,19H,2,7,12-13,15H2,1H3,(H,23,26)(H,24,27). The van der Waals surface area contributed by atoms with Gasteiger partial charge in [0.05, 0.1) is 0 Å². The molecular weight excluding hydrogens is 354 g/mol. The molecule has 6 nitrogen and oxygen atoms in total. The smallest absolute Gasteiger partial charge is 0.254 e. The van der Waals surface area contributed by atoms with Crippen LogP contribution in [-0.4, -0.2) is 41.8 Å². The molecule has 2 aromatic rings. The minimum absolute atomic E-state index is 0.114. The Kier molecular flexibility index (Phi) is 6.42. The average molecular weight is 379 g/mol. The summed E-state index contributed by atoms with van der Waals surface area (Å²) in [4.78, 5) is 39.0. The first-order valence-electron chi connectivity index (χ1n) is 9.61. The molecule has 1 atom stereocenters. The summed E-state index contributed by atoms with van der Waals surface area (Å²) in [6, 6.07) is 15.8. The van der Waals surface area contributed by atoms with E-state index in [2.05, 4.69) is 10.6 Å². The van der Waals surface area contributed by atoms with Crippen LogP contribution in [0.15, 0.2) is 54.6 Å². The number of carbonyl (C=O) groups is 3. The molecule has 1 heterocycles. The lowest BCUT2D eigenvalue weighted by Crippen LogP contribution is -2.45. The van der Waals surface area contributed by atoms with Gasteiger partial charge in [0.25, 0.3) is 11.8 Å². The van der Waals surface area contributed by atoms with Gasteiger partial charge in [-0.3, -0.25) is 14.4 Å². The van der Waals surface area contributed by atoms with Gasteiger partial charge in [0, 0.05) is 30.8 Å². The second-order valence-corrected chi connectivity index (χ2v) is 6.80. The number of hydrogen-bond acceptors (Lipinski definition) is 3. The van der Waals surface area contributed by atoms with Crippen LogP contribution in [-0.2, 0) is 11.3 Å². The predicted molar refractivity (Wildman–Crippen MR) is 107 cm³/mol. The van der Waals surface area contributed by atoms with E-state index in [1.54, 1.807) is 35.2 Å². The molecule has 6 heteroatoms. The molecule has 3 rings (SSSR count). The highest BCUT2D eigenvalue weighted by molar-refractivity contribution is 5.98. The Morgan fingerprint density at radius 3 is 2.50 bits per heavy atom. The number of rotatable bonds is 6. The Morgan fingerprint density at radius 2 is 1.75 bits per heavy atom. The van der Waals surface area contributed by atoms with Gasteiger partial charge in [0.15, 0.2) is 0 Å². The molecule has 28 heavy (non-hydrogen) atoms. The number of amides is 3. The Bertz CT molecular complexity index is 851. The molecular formula is C22H25N3O3. The van der Waals surface area contributed by atoms with E-state index in [9.17, 15) is 14.4 Å². The third-order valence-electron chi connectivity index (χ3n) is 4.83. The summed E-state index contributed by atoms with van der Waals surface area (Å²) in [6.07, 6.45) is 1.46. The van der Waals surface area contributed by atoms with Gasteiger partial charge in [-0.05, 0) is 49.6 Å². The Morgan fingerprint density at radius 1 is 1.00 bits per heavy atom. The van der Waals surface area contributed by atoms with Crippen LogP contribution in [0.3, 0.4) is 0 Å². The van der Waals surface area contributed by atoms with Crippen LogP contribution in [0.1, 0.15) is 46.0 Å². The van der Waals surface area contributed by atoms with E-state index in [1.807, 2.05) is 31.2 Å². The van der Waals surface area contributed by atoms with Crippen molar-refractivity contribution in [2.24, 2.45) is 0 Å². The number of benzene rings is 2. The third kappa shape index (κ3) is 4.57. The molecule has 0 saturated carbocycles. The van der Waals surface area contributed by atoms with Crippen molar-refractivity contribution in [3.63, 3.8) is 0 Å². The normalized spacial score (nSPS) is 15.9. The van der Waals surface area contributed by atoms with Crippen molar-refractivity contribution in [2.45, 2.75) is 32.4 Å². The fraction of sp³-hybridized carbons (Fsp3) is 0.318. The summed E-state index contributed by atoms with van der Waals surface area (Å²) < 4.78 is 0. The monoisotopic (exact) mass is 379 g/mol. The molecule has 3 amide bonds. The van der Waals surface area contributed by atoms with Crippen molar-refractivity contribution in [2.75, 3.05) is 13.1 Å². The van der Waals surface area contributed by atoms with Crippen molar-refractivity contribution >= 4 is 17.7 Å². The van der Waals surface area contributed by atoms with Crippen molar-refractivity contribution in [3.8, 4) is 0 Å². The van der Waals surface area contributed by atoms with Gasteiger partial charge < -0.3 is 15.5 Å². The summed E-state index contributed by atoms with van der Waals surface area (Å²) in [5.41, 5.74) is 2.00. The third-order valence-corrected chi connectivity index (χ3v) is 4.83. The van der Waals surface area contributed by atoms with Gasteiger partial charge in [0.1, 0.15) is 6.04 Å². The molecule has 146 valence electrons. The molecule has 1 unspecified atom stereocenters. The topological polar surface area (TPSA) is 78.5 Å². The van der Waals surface area contributed by atoms with Crippen LogP contribution in [0, 0.1) is 0 Å². The first kappa shape index (κ1) is 19.6. The summed E-state index contributed by atoms with van der Waals surface area (Å²) in [5.74, 6) is -0.409. The first-order valence-corrected chi connectivity index (χ1v) is 9.61. The summed E-state index contributed by atoms with van der Waals surface area (Å²) in [5, 5.41) is 5.67. The van der Waals surface area contributed by atoms with Gasteiger partial charge >= 0.3 is 0 Å². The number of carbonyl (C=O) groups excluding carboxylic acids is 3. The van der Waals surface area contributed by atoms with Crippen LogP contribution < -0.4 is 10.6 Å². The Hall–Kier alpha value is -3.15. The lowest BCUT2D eigenvalue weighted by Gasteiger charge is -2.24. The zero-order valence-corrected chi connectivity index (χ0v) is 16.0. The van der Waals surface area contributed by atoms with E-state index in [0.717, 1.165) is 12.0 Å². The lowest BCUT2D eigenvalue weighted by molar-refractivity contribution is -0.125. The molecule has 2 N–H and O–H groups in total. The average Bonchev–Trinajstić information content (AvgIpc) is 3.22. The molecule has 0 bridgehead atoms. The van der Waals surface area contributed by atoms with Gasteiger partial charge in [-0.1, -0.05) is 30.3 Å². The minimum Gasteiger partial charge on any atom is -0.352 e. The van der Waals surface area contributed by atoms with Crippen molar-refractivity contribution in [3.05, 3.63) is 71.3 Å². The van der Waals surface area contributed by atoms with E-state index in [-0.39, 0.29) is 17.7 Å². The molecule has 0 aromatic heterocycles. The second kappa shape index (κ2) is 9.17. The fourth-order valence-electron chi connectivity index (χ4n) is 3.42. The zero-order chi connectivity index (χ0) is 19.9. The highest BCUT2D eigenvalue weighted by atomic mass is 16.2. The molecule has 1 aliphatic heterocycles. The van der Waals surface area contributed by atoms with Crippen LogP contribution >= 0.6 is 0 Å². The first-order chi connectivity index (χ1) is 13.6. The van der Waals surface area contributed by atoms with Crippen LogP contribution in [0.4, 0.5) is 0 Å². The summed E-state index contributed by atoms with van der Waals surface area (Å²) in [7, 11) is 0. The number of nitrogens with zero attached hydrogens (tertiary/aromatic N) is 1. The molecule has 2 aromatic carbocycles. The Balaban J connectivity index is 1.62. The van der Waals surface area contributed by atoms with E-state index in [0.29, 0.717) is 37.2 Å². The summed E-state index contributed by atoms with van der Waals surface area (Å²) in [6.45, 7) is 3.33.